The molecule has 21 heavy (non-hydrogen) atoms. The van der Waals surface area contributed by atoms with Gasteiger partial charge in [0.05, 0.1) is 6.10 Å². The molecule has 0 aromatic heterocycles. The average Bonchev–Trinajstić information content (AvgIpc) is 2.53. The molecule has 3 heteroatoms. The van der Waals surface area contributed by atoms with Crippen LogP contribution in [0.25, 0.3) is 0 Å². The molecule has 0 spiro atoms. The van der Waals surface area contributed by atoms with Crippen molar-refractivity contribution in [1.82, 2.24) is 5.32 Å². The van der Waals surface area contributed by atoms with E-state index in [1.54, 1.807) is 0 Å². The summed E-state index contributed by atoms with van der Waals surface area (Å²) in [6, 6.07) is 8.00. The molecule has 2 N–H and O–H groups in total. The lowest BCUT2D eigenvalue weighted by Crippen LogP contribution is -2.34. The van der Waals surface area contributed by atoms with Crippen LogP contribution in [0.2, 0.25) is 0 Å². The summed E-state index contributed by atoms with van der Waals surface area (Å²) in [6.07, 6.45) is 4.90. The van der Waals surface area contributed by atoms with E-state index in [4.69, 9.17) is 0 Å². The predicted octanol–water partition coefficient (Wildman–Crippen LogP) is 3.54. The first kappa shape index (κ1) is 16.0. The largest absolute Gasteiger partial charge is 0.387 e. The first-order valence-electron chi connectivity index (χ1n) is 8.13. The predicted molar refractivity (Wildman–Crippen MR) is 85.1 cm³/mol. The zero-order valence-electron chi connectivity index (χ0n) is 13.1. The van der Waals surface area contributed by atoms with Gasteiger partial charge in [0, 0.05) is 12.5 Å². The second-order valence-electron chi connectivity index (χ2n) is 6.42. The third-order valence-corrected chi connectivity index (χ3v) is 4.43. The molecule has 0 radical (unpaired) electrons. The molecule has 1 saturated carbocycles. The van der Waals surface area contributed by atoms with Crippen molar-refractivity contribution >= 4 is 5.91 Å². The van der Waals surface area contributed by atoms with Crippen molar-refractivity contribution in [2.75, 3.05) is 6.54 Å². The van der Waals surface area contributed by atoms with Gasteiger partial charge in [-0.1, -0.05) is 57.4 Å². The number of nitrogens with one attached hydrogen (secondary N) is 1. The van der Waals surface area contributed by atoms with Gasteiger partial charge in [-0.15, -0.1) is 0 Å². The number of aliphatic hydroxyl groups excluding tert-OH is 1. The number of amides is 1. The fourth-order valence-corrected chi connectivity index (χ4v) is 2.93. The SMILES string of the molecule is CC(C)c1ccc(C(O)CNC(=O)C2CCCCC2)cc1. The molecule has 3 nitrogen and oxygen atoms in total. The molecule has 1 atom stereocenters. The molecule has 1 aromatic rings. The summed E-state index contributed by atoms with van der Waals surface area (Å²) >= 11 is 0. The summed E-state index contributed by atoms with van der Waals surface area (Å²) in [5, 5.41) is 13.1. The van der Waals surface area contributed by atoms with Crippen LogP contribution < -0.4 is 5.32 Å². The molecule has 0 heterocycles. The molecule has 1 amide bonds. The number of carbonyl (C=O) groups excluding carboxylic acids is 1. The third kappa shape index (κ3) is 4.57. The average molecular weight is 289 g/mol. The molecule has 1 fully saturated rings. The molecule has 1 aromatic carbocycles. The minimum absolute atomic E-state index is 0.104. The Bertz CT molecular complexity index is 447. The van der Waals surface area contributed by atoms with Crippen LogP contribution in [0.1, 0.15) is 69.1 Å². The van der Waals surface area contributed by atoms with Gasteiger partial charge in [0.25, 0.3) is 0 Å². The first-order chi connectivity index (χ1) is 10.1. The van der Waals surface area contributed by atoms with E-state index in [0.717, 1.165) is 31.2 Å². The zero-order valence-corrected chi connectivity index (χ0v) is 13.1. The lowest BCUT2D eigenvalue weighted by Gasteiger charge is -2.21. The van der Waals surface area contributed by atoms with Gasteiger partial charge in [0.2, 0.25) is 5.91 Å². The maximum absolute atomic E-state index is 12.1. The summed E-state index contributed by atoms with van der Waals surface area (Å²) in [7, 11) is 0. The summed E-state index contributed by atoms with van der Waals surface area (Å²) < 4.78 is 0. The summed E-state index contributed by atoms with van der Waals surface area (Å²) in [6.45, 7) is 4.60. The molecule has 1 unspecified atom stereocenters. The van der Waals surface area contributed by atoms with Crippen molar-refractivity contribution in [1.29, 1.82) is 0 Å². The Kier molecular flexibility index (Phi) is 5.80. The quantitative estimate of drug-likeness (QED) is 0.871. The van der Waals surface area contributed by atoms with Crippen molar-refractivity contribution in [3.8, 4) is 0 Å². The van der Waals surface area contributed by atoms with Gasteiger partial charge >= 0.3 is 0 Å². The highest BCUT2D eigenvalue weighted by atomic mass is 16.3. The Balaban J connectivity index is 1.83. The van der Waals surface area contributed by atoms with Crippen LogP contribution in [0.4, 0.5) is 0 Å². The Morgan fingerprint density at radius 1 is 1.14 bits per heavy atom. The Morgan fingerprint density at radius 2 is 1.71 bits per heavy atom. The molecule has 0 aliphatic heterocycles. The number of rotatable bonds is 5. The minimum atomic E-state index is -0.626. The number of aliphatic hydroxyl groups is 1. The van der Waals surface area contributed by atoms with Crippen molar-refractivity contribution in [3.63, 3.8) is 0 Å². The van der Waals surface area contributed by atoms with Crippen LogP contribution in [0.3, 0.4) is 0 Å². The van der Waals surface area contributed by atoms with E-state index >= 15 is 0 Å². The number of benzene rings is 1. The topological polar surface area (TPSA) is 49.3 Å². The first-order valence-corrected chi connectivity index (χ1v) is 8.13. The van der Waals surface area contributed by atoms with E-state index in [1.165, 1.54) is 12.0 Å². The minimum Gasteiger partial charge on any atom is -0.387 e. The smallest absolute Gasteiger partial charge is 0.223 e. The van der Waals surface area contributed by atoms with Gasteiger partial charge in [0.15, 0.2) is 0 Å². The highest BCUT2D eigenvalue weighted by Crippen LogP contribution is 2.24. The maximum Gasteiger partial charge on any atom is 0.223 e. The third-order valence-electron chi connectivity index (χ3n) is 4.43. The molecule has 1 aliphatic rings. The lowest BCUT2D eigenvalue weighted by atomic mass is 9.88. The van der Waals surface area contributed by atoms with Crippen molar-refractivity contribution in [2.45, 2.75) is 58.0 Å². The normalized spacial score (nSPS) is 17.7. The molecule has 0 saturated heterocycles. The standard InChI is InChI=1S/C18H27NO2/c1-13(2)14-8-10-15(11-9-14)17(20)12-19-18(21)16-6-4-3-5-7-16/h8-11,13,16-17,20H,3-7,12H2,1-2H3,(H,19,21). The lowest BCUT2D eigenvalue weighted by molar-refractivity contribution is -0.126. The van der Waals surface area contributed by atoms with Crippen LogP contribution in [-0.4, -0.2) is 17.6 Å². The second-order valence-corrected chi connectivity index (χ2v) is 6.42. The number of hydrogen-bond donors (Lipinski definition) is 2. The van der Waals surface area contributed by atoms with Crippen LogP contribution in [-0.2, 0) is 4.79 Å². The summed E-state index contributed by atoms with van der Waals surface area (Å²) in [4.78, 5) is 12.1. The van der Waals surface area contributed by atoms with Gasteiger partial charge < -0.3 is 10.4 Å². The molecule has 2 rings (SSSR count). The van der Waals surface area contributed by atoms with Gasteiger partial charge in [0.1, 0.15) is 0 Å². The van der Waals surface area contributed by atoms with Crippen LogP contribution in [0, 0.1) is 5.92 Å². The summed E-state index contributed by atoms with van der Waals surface area (Å²) in [5.41, 5.74) is 2.13. The second kappa shape index (κ2) is 7.60. The molecule has 1 aliphatic carbocycles. The van der Waals surface area contributed by atoms with E-state index in [-0.39, 0.29) is 11.8 Å². The zero-order chi connectivity index (χ0) is 15.2. The van der Waals surface area contributed by atoms with Gasteiger partial charge in [-0.25, -0.2) is 0 Å². The van der Waals surface area contributed by atoms with E-state index in [1.807, 2.05) is 24.3 Å². The van der Waals surface area contributed by atoms with Gasteiger partial charge in [-0.2, -0.15) is 0 Å². The van der Waals surface area contributed by atoms with Crippen molar-refractivity contribution in [2.24, 2.45) is 5.92 Å². The molecular weight excluding hydrogens is 262 g/mol. The Hall–Kier alpha value is -1.35. The monoisotopic (exact) mass is 289 g/mol. The fourth-order valence-electron chi connectivity index (χ4n) is 2.93. The van der Waals surface area contributed by atoms with E-state index in [9.17, 15) is 9.90 Å². The highest BCUT2D eigenvalue weighted by Gasteiger charge is 2.21. The number of carbonyl (C=O) groups is 1. The van der Waals surface area contributed by atoms with Crippen LogP contribution in [0.5, 0.6) is 0 Å². The molecular formula is C18H27NO2. The van der Waals surface area contributed by atoms with E-state index in [0.29, 0.717) is 12.5 Å². The van der Waals surface area contributed by atoms with Crippen LogP contribution >= 0.6 is 0 Å². The van der Waals surface area contributed by atoms with E-state index in [2.05, 4.69) is 19.2 Å². The van der Waals surface area contributed by atoms with E-state index < -0.39 is 6.10 Å². The van der Waals surface area contributed by atoms with Crippen molar-refractivity contribution < 1.29 is 9.90 Å². The van der Waals surface area contributed by atoms with Crippen molar-refractivity contribution in [3.05, 3.63) is 35.4 Å². The number of hydrogen-bond acceptors (Lipinski definition) is 2. The summed E-state index contributed by atoms with van der Waals surface area (Å²) in [5.74, 6) is 0.740. The molecule has 0 bridgehead atoms. The van der Waals surface area contributed by atoms with Crippen LogP contribution in [0.15, 0.2) is 24.3 Å². The Labute approximate surface area is 127 Å². The highest BCUT2D eigenvalue weighted by molar-refractivity contribution is 5.78. The van der Waals surface area contributed by atoms with Gasteiger partial charge in [-0.05, 0) is 29.9 Å². The molecule has 116 valence electrons. The Morgan fingerprint density at radius 3 is 2.29 bits per heavy atom. The van der Waals surface area contributed by atoms with Gasteiger partial charge in [-0.3, -0.25) is 4.79 Å². The maximum atomic E-state index is 12.1. The fraction of sp³-hybridized carbons (Fsp3) is 0.611.